The third-order valence-corrected chi connectivity index (χ3v) is 2.99. The Kier molecular flexibility index (Phi) is 6.40. The van der Waals surface area contributed by atoms with Crippen LogP contribution in [0, 0.1) is 0 Å². The van der Waals surface area contributed by atoms with Crippen molar-refractivity contribution in [2.75, 3.05) is 6.61 Å². The molecule has 1 rings (SSSR count). The molecular formula is C15H24O3. The molecule has 18 heavy (non-hydrogen) atoms. The Morgan fingerprint density at radius 1 is 1.00 bits per heavy atom. The average Bonchev–Trinajstić information content (AvgIpc) is 2.38. The van der Waals surface area contributed by atoms with E-state index in [1.54, 1.807) is 0 Å². The molecule has 0 heterocycles. The highest BCUT2D eigenvalue weighted by Crippen LogP contribution is 2.38. The van der Waals surface area contributed by atoms with Gasteiger partial charge in [0.25, 0.3) is 0 Å². The molecule has 0 aliphatic heterocycles. The molecule has 0 aliphatic rings. The van der Waals surface area contributed by atoms with Crippen LogP contribution in [0.2, 0.25) is 0 Å². The van der Waals surface area contributed by atoms with Crippen molar-refractivity contribution >= 4 is 0 Å². The first kappa shape index (κ1) is 14.7. The summed E-state index contributed by atoms with van der Waals surface area (Å²) in [5.41, 5.74) is 0.976. The number of phenols is 2. The van der Waals surface area contributed by atoms with E-state index in [1.165, 1.54) is 6.07 Å². The van der Waals surface area contributed by atoms with Crippen molar-refractivity contribution in [1.29, 1.82) is 0 Å². The number of phenolic OH excluding ortho intramolecular Hbond substituents is 2. The molecule has 1 aromatic carbocycles. The van der Waals surface area contributed by atoms with Crippen molar-refractivity contribution < 1.29 is 14.9 Å². The molecule has 0 atom stereocenters. The third-order valence-electron chi connectivity index (χ3n) is 2.99. The van der Waals surface area contributed by atoms with Crippen LogP contribution in [0.4, 0.5) is 0 Å². The van der Waals surface area contributed by atoms with E-state index >= 15 is 0 Å². The Bertz CT molecular complexity index is 361. The summed E-state index contributed by atoms with van der Waals surface area (Å²) in [5, 5.41) is 19.4. The van der Waals surface area contributed by atoms with Gasteiger partial charge in [-0.15, -0.1) is 0 Å². The number of benzene rings is 1. The Balaban J connectivity index is 2.73. The van der Waals surface area contributed by atoms with Crippen molar-refractivity contribution in [3.8, 4) is 17.2 Å². The Morgan fingerprint density at radius 2 is 1.72 bits per heavy atom. The van der Waals surface area contributed by atoms with E-state index in [-0.39, 0.29) is 11.5 Å². The fraction of sp³-hybridized carbons (Fsp3) is 0.600. The topological polar surface area (TPSA) is 49.7 Å². The Labute approximate surface area is 109 Å². The first-order chi connectivity index (χ1) is 8.70. The average molecular weight is 252 g/mol. The molecule has 1 aromatic rings. The second kappa shape index (κ2) is 7.85. The van der Waals surface area contributed by atoms with Crippen molar-refractivity contribution in [2.24, 2.45) is 0 Å². The molecule has 0 aromatic heterocycles. The lowest BCUT2D eigenvalue weighted by Gasteiger charge is -2.13. The molecule has 0 unspecified atom stereocenters. The monoisotopic (exact) mass is 252 g/mol. The molecule has 0 saturated carbocycles. The number of unbranched alkanes of at least 4 members (excludes halogenated alkanes) is 3. The maximum Gasteiger partial charge on any atom is 0.200 e. The van der Waals surface area contributed by atoms with Gasteiger partial charge in [-0.3, -0.25) is 0 Å². The van der Waals surface area contributed by atoms with E-state index in [2.05, 4.69) is 13.8 Å². The molecule has 0 amide bonds. The molecule has 0 bridgehead atoms. The predicted octanol–water partition coefficient (Wildman–Crippen LogP) is 4.01. The Hall–Kier alpha value is -1.38. The summed E-state index contributed by atoms with van der Waals surface area (Å²) in [5.74, 6) is 0.223. The van der Waals surface area contributed by atoms with Crippen molar-refractivity contribution in [2.45, 2.75) is 52.4 Å². The molecule has 102 valence electrons. The molecule has 0 fully saturated rings. The normalized spacial score (nSPS) is 10.6. The van der Waals surface area contributed by atoms with Crippen LogP contribution in [0.15, 0.2) is 12.1 Å². The lowest BCUT2D eigenvalue weighted by Crippen LogP contribution is -2.01. The SMILES string of the molecule is CCCCCOc1c(CCCC)ccc(O)c1O. The largest absolute Gasteiger partial charge is 0.504 e. The Morgan fingerprint density at radius 3 is 2.39 bits per heavy atom. The quantitative estimate of drug-likeness (QED) is 0.543. The van der Waals surface area contributed by atoms with Crippen LogP contribution in [0.5, 0.6) is 17.2 Å². The van der Waals surface area contributed by atoms with Crippen LogP contribution in [-0.2, 0) is 6.42 Å². The number of hydrogen-bond acceptors (Lipinski definition) is 3. The summed E-state index contributed by atoms with van der Waals surface area (Å²) in [6.07, 6.45) is 6.24. The van der Waals surface area contributed by atoms with Gasteiger partial charge in [0, 0.05) is 0 Å². The van der Waals surface area contributed by atoms with Crippen LogP contribution in [0.25, 0.3) is 0 Å². The lowest BCUT2D eigenvalue weighted by molar-refractivity contribution is 0.281. The summed E-state index contributed by atoms with van der Waals surface area (Å²) in [6.45, 7) is 4.85. The summed E-state index contributed by atoms with van der Waals surface area (Å²) in [4.78, 5) is 0. The zero-order valence-electron chi connectivity index (χ0n) is 11.4. The maximum atomic E-state index is 9.86. The summed E-state index contributed by atoms with van der Waals surface area (Å²) in [7, 11) is 0. The van der Waals surface area contributed by atoms with Gasteiger partial charge in [0.15, 0.2) is 11.5 Å². The van der Waals surface area contributed by atoms with E-state index in [9.17, 15) is 10.2 Å². The lowest BCUT2D eigenvalue weighted by atomic mass is 10.1. The number of rotatable bonds is 8. The highest BCUT2D eigenvalue weighted by atomic mass is 16.5. The summed E-state index contributed by atoms with van der Waals surface area (Å²) in [6, 6.07) is 3.36. The molecule has 0 aliphatic carbocycles. The van der Waals surface area contributed by atoms with Gasteiger partial charge in [0.2, 0.25) is 5.75 Å². The van der Waals surface area contributed by atoms with E-state index < -0.39 is 0 Å². The van der Waals surface area contributed by atoms with E-state index in [1.807, 2.05) is 6.07 Å². The van der Waals surface area contributed by atoms with Gasteiger partial charge in [-0.1, -0.05) is 39.2 Å². The maximum absolute atomic E-state index is 9.86. The van der Waals surface area contributed by atoms with Gasteiger partial charge in [-0.25, -0.2) is 0 Å². The molecule has 2 N–H and O–H groups in total. The van der Waals surface area contributed by atoms with Gasteiger partial charge in [0.05, 0.1) is 6.61 Å². The van der Waals surface area contributed by atoms with E-state index in [0.29, 0.717) is 12.4 Å². The summed E-state index contributed by atoms with van der Waals surface area (Å²) >= 11 is 0. The third kappa shape index (κ3) is 4.13. The van der Waals surface area contributed by atoms with Crippen molar-refractivity contribution in [1.82, 2.24) is 0 Å². The number of ether oxygens (including phenoxy) is 1. The van der Waals surface area contributed by atoms with Crippen LogP contribution >= 0.6 is 0 Å². The first-order valence-corrected chi connectivity index (χ1v) is 6.87. The second-order valence-electron chi connectivity index (χ2n) is 4.58. The molecule has 0 spiro atoms. The van der Waals surface area contributed by atoms with Crippen LogP contribution in [-0.4, -0.2) is 16.8 Å². The zero-order chi connectivity index (χ0) is 13.4. The number of aromatic hydroxyl groups is 2. The smallest absolute Gasteiger partial charge is 0.200 e. The highest BCUT2D eigenvalue weighted by molar-refractivity contribution is 5.54. The van der Waals surface area contributed by atoms with Gasteiger partial charge < -0.3 is 14.9 Å². The molecule has 0 radical (unpaired) electrons. The van der Waals surface area contributed by atoms with Crippen molar-refractivity contribution in [3.05, 3.63) is 17.7 Å². The highest BCUT2D eigenvalue weighted by Gasteiger charge is 2.13. The molecule has 3 heteroatoms. The van der Waals surface area contributed by atoms with Crippen LogP contribution in [0.3, 0.4) is 0 Å². The standard InChI is InChI=1S/C15H24O3/c1-3-5-7-11-18-15-12(8-6-4-2)9-10-13(16)14(15)17/h9-10,16-17H,3-8,11H2,1-2H3. The first-order valence-electron chi connectivity index (χ1n) is 6.87. The minimum Gasteiger partial charge on any atom is -0.504 e. The van der Waals surface area contributed by atoms with E-state index in [0.717, 1.165) is 44.1 Å². The van der Waals surface area contributed by atoms with Crippen molar-refractivity contribution in [3.63, 3.8) is 0 Å². The predicted molar refractivity (Wildman–Crippen MR) is 73.4 cm³/mol. The zero-order valence-corrected chi connectivity index (χ0v) is 11.4. The van der Waals surface area contributed by atoms with Gasteiger partial charge >= 0.3 is 0 Å². The minimum absolute atomic E-state index is 0.110. The minimum atomic E-state index is -0.125. The van der Waals surface area contributed by atoms with Crippen LogP contribution in [0.1, 0.15) is 51.5 Å². The summed E-state index contributed by atoms with van der Waals surface area (Å²) < 4.78 is 5.64. The second-order valence-corrected chi connectivity index (χ2v) is 4.58. The molecule has 3 nitrogen and oxygen atoms in total. The fourth-order valence-corrected chi connectivity index (χ4v) is 1.85. The van der Waals surface area contributed by atoms with Gasteiger partial charge in [-0.2, -0.15) is 0 Å². The molecule has 0 saturated heterocycles. The van der Waals surface area contributed by atoms with Gasteiger partial charge in [0.1, 0.15) is 0 Å². The number of aryl methyl sites for hydroxylation is 1. The molecular weight excluding hydrogens is 228 g/mol. The number of hydrogen-bond donors (Lipinski definition) is 2. The fourth-order valence-electron chi connectivity index (χ4n) is 1.85. The van der Waals surface area contributed by atoms with E-state index in [4.69, 9.17) is 4.74 Å². The van der Waals surface area contributed by atoms with Crippen LogP contribution < -0.4 is 4.74 Å². The van der Waals surface area contributed by atoms with Gasteiger partial charge in [-0.05, 0) is 30.9 Å².